The Labute approximate surface area is 194 Å². The maximum absolute atomic E-state index is 13.0. The number of hydrogen-bond donors (Lipinski definition) is 3. The number of carbonyl (C=O) groups excluding carboxylic acids is 1. The highest BCUT2D eigenvalue weighted by molar-refractivity contribution is 7.92. The van der Waals surface area contributed by atoms with Gasteiger partial charge in [0.05, 0.1) is 10.6 Å². The molecule has 32 heavy (non-hydrogen) atoms. The highest BCUT2D eigenvalue weighted by Crippen LogP contribution is 2.24. The summed E-state index contributed by atoms with van der Waals surface area (Å²) in [4.78, 5) is 11.5. The molecule has 0 aliphatic carbocycles. The number of anilines is 3. The van der Waals surface area contributed by atoms with Crippen molar-refractivity contribution in [3.63, 3.8) is 0 Å². The van der Waals surface area contributed by atoms with E-state index in [0.29, 0.717) is 27.7 Å². The fourth-order valence-electron chi connectivity index (χ4n) is 3.11. The summed E-state index contributed by atoms with van der Waals surface area (Å²) in [5.41, 5.74) is 5.18. The minimum atomic E-state index is -3.78. The molecule has 0 amide bonds. The molecule has 3 aromatic carbocycles. The first-order valence-electron chi connectivity index (χ1n) is 9.95. The second-order valence-corrected chi connectivity index (χ2v) is 9.70. The lowest BCUT2D eigenvalue weighted by atomic mass is 10.1. The summed E-state index contributed by atoms with van der Waals surface area (Å²) in [6.07, 6.45) is 0. The van der Waals surface area contributed by atoms with Crippen LogP contribution in [0.5, 0.6) is 0 Å². The van der Waals surface area contributed by atoms with Crippen LogP contribution in [0, 0.1) is 20.8 Å². The van der Waals surface area contributed by atoms with Gasteiger partial charge in [0.25, 0.3) is 10.0 Å². The van der Waals surface area contributed by atoms with Crippen molar-refractivity contribution in [3.8, 4) is 0 Å². The van der Waals surface area contributed by atoms with Gasteiger partial charge in [-0.3, -0.25) is 9.52 Å². The number of hydrogen-bond acceptors (Lipinski definition) is 4. The summed E-state index contributed by atoms with van der Waals surface area (Å²) >= 11 is 5.38. The summed E-state index contributed by atoms with van der Waals surface area (Å²) in [7, 11) is -3.78. The molecule has 0 aromatic heterocycles. The van der Waals surface area contributed by atoms with E-state index in [1.165, 1.54) is 6.92 Å². The number of benzene rings is 3. The Morgan fingerprint density at radius 1 is 0.812 bits per heavy atom. The predicted molar refractivity (Wildman–Crippen MR) is 134 cm³/mol. The molecule has 0 aliphatic rings. The standard InChI is InChI=1S/C24H25N3O3S2/c1-15-5-12-22(17(3)13-15)27-32(29,30)21-11-6-16(2)23(14-21)26-24(31)25-20-9-7-19(8-10-20)18(4)28/h5-14,27H,1-4H3,(H2,25,26,31). The first kappa shape index (κ1) is 23.4. The van der Waals surface area contributed by atoms with Crippen LogP contribution in [0.3, 0.4) is 0 Å². The van der Waals surface area contributed by atoms with Gasteiger partial charge in [0.15, 0.2) is 10.9 Å². The second-order valence-electron chi connectivity index (χ2n) is 7.61. The van der Waals surface area contributed by atoms with E-state index < -0.39 is 10.0 Å². The van der Waals surface area contributed by atoms with Gasteiger partial charge in [-0.1, -0.05) is 23.8 Å². The highest BCUT2D eigenvalue weighted by Gasteiger charge is 2.17. The van der Waals surface area contributed by atoms with Crippen molar-refractivity contribution in [2.45, 2.75) is 32.6 Å². The van der Waals surface area contributed by atoms with E-state index in [1.54, 1.807) is 48.5 Å². The summed E-state index contributed by atoms with van der Waals surface area (Å²) < 4.78 is 28.6. The lowest BCUT2D eigenvalue weighted by Gasteiger charge is -2.15. The van der Waals surface area contributed by atoms with Crippen molar-refractivity contribution in [1.82, 2.24) is 0 Å². The monoisotopic (exact) mass is 467 g/mol. The topological polar surface area (TPSA) is 87.3 Å². The fraction of sp³-hybridized carbons (Fsp3) is 0.167. The van der Waals surface area contributed by atoms with E-state index in [1.807, 2.05) is 32.9 Å². The number of aryl methyl sites for hydroxylation is 3. The Morgan fingerprint density at radius 2 is 1.50 bits per heavy atom. The summed E-state index contributed by atoms with van der Waals surface area (Å²) in [5.74, 6) is -0.0136. The van der Waals surface area contributed by atoms with E-state index in [-0.39, 0.29) is 10.7 Å². The van der Waals surface area contributed by atoms with E-state index in [4.69, 9.17) is 12.2 Å². The third-order valence-corrected chi connectivity index (χ3v) is 6.51. The summed E-state index contributed by atoms with van der Waals surface area (Å²) in [6, 6.07) is 17.3. The van der Waals surface area contributed by atoms with Crippen molar-refractivity contribution in [3.05, 3.63) is 82.9 Å². The van der Waals surface area contributed by atoms with E-state index in [0.717, 1.165) is 16.7 Å². The van der Waals surface area contributed by atoms with Crippen LogP contribution >= 0.6 is 12.2 Å². The minimum Gasteiger partial charge on any atom is -0.332 e. The molecular weight excluding hydrogens is 442 g/mol. The van der Waals surface area contributed by atoms with Crippen molar-refractivity contribution in [2.75, 3.05) is 15.4 Å². The van der Waals surface area contributed by atoms with Crippen LogP contribution in [0.2, 0.25) is 0 Å². The molecule has 0 atom stereocenters. The minimum absolute atomic E-state index is 0.0136. The number of rotatable bonds is 6. The average Bonchev–Trinajstić information content (AvgIpc) is 2.72. The lowest BCUT2D eigenvalue weighted by Crippen LogP contribution is -2.20. The fourth-order valence-corrected chi connectivity index (χ4v) is 4.49. The number of thiocarbonyl (C=S) groups is 1. The molecule has 0 aliphatic heterocycles. The van der Waals surface area contributed by atoms with Crippen LogP contribution in [-0.2, 0) is 10.0 Å². The predicted octanol–water partition coefficient (Wildman–Crippen LogP) is 5.42. The van der Waals surface area contributed by atoms with Crippen LogP contribution in [0.15, 0.2) is 65.6 Å². The Hall–Kier alpha value is -3.23. The Morgan fingerprint density at radius 3 is 2.12 bits per heavy atom. The third kappa shape index (κ3) is 5.72. The SMILES string of the molecule is CC(=O)c1ccc(NC(=S)Nc2cc(S(=O)(=O)Nc3ccc(C)cc3C)ccc2C)cc1. The zero-order valence-electron chi connectivity index (χ0n) is 18.3. The maximum Gasteiger partial charge on any atom is 0.261 e. The molecule has 3 rings (SSSR count). The quantitative estimate of drug-likeness (QED) is 0.331. The van der Waals surface area contributed by atoms with Gasteiger partial charge in [0, 0.05) is 16.9 Å². The molecular formula is C24H25N3O3S2. The molecule has 0 heterocycles. The Kier molecular flexibility index (Phi) is 6.96. The molecule has 3 N–H and O–H groups in total. The average molecular weight is 468 g/mol. The van der Waals surface area contributed by atoms with Gasteiger partial charge >= 0.3 is 0 Å². The third-order valence-electron chi connectivity index (χ3n) is 4.94. The van der Waals surface area contributed by atoms with E-state index in [2.05, 4.69) is 15.4 Å². The number of Topliss-reactive ketones (excluding diaryl/α,β-unsaturated/α-hetero) is 1. The first-order valence-corrected chi connectivity index (χ1v) is 11.8. The molecule has 0 unspecified atom stereocenters. The van der Waals surface area contributed by atoms with Gasteiger partial charge in [-0.05, 0) is 93.5 Å². The normalized spacial score (nSPS) is 11.0. The van der Waals surface area contributed by atoms with Crippen LogP contribution in [0.25, 0.3) is 0 Å². The number of sulfonamides is 1. The smallest absolute Gasteiger partial charge is 0.261 e. The van der Waals surface area contributed by atoms with Crippen molar-refractivity contribution in [1.29, 1.82) is 0 Å². The van der Waals surface area contributed by atoms with Gasteiger partial charge in [-0.15, -0.1) is 0 Å². The molecule has 0 spiro atoms. The number of carbonyl (C=O) groups is 1. The Bertz CT molecular complexity index is 1280. The van der Waals surface area contributed by atoms with Gasteiger partial charge in [0.1, 0.15) is 0 Å². The van der Waals surface area contributed by atoms with Crippen LogP contribution in [-0.4, -0.2) is 19.3 Å². The molecule has 3 aromatic rings. The zero-order valence-corrected chi connectivity index (χ0v) is 19.9. The zero-order chi connectivity index (χ0) is 23.5. The van der Waals surface area contributed by atoms with Crippen molar-refractivity contribution in [2.24, 2.45) is 0 Å². The molecule has 0 saturated carbocycles. The van der Waals surface area contributed by atoms with Crippen molar-refractivity contribution >= 4 is 50.2 Å². The molecule has 8 heteroatoms. The molecule has 0 bridgehead atoms. The van der Waals surface area contributed by atoms with Crippen LogP contribution in [0.1, 0.15) is 34.0 Å². The molecule has 0 saturated heterocycles. The number of nitrogens with one attached hydrogen (secondary N) is 3. The lowest BCUT2D eigenvalue weighted by molar-refractivity contribution is 0.101. The van der Waals surface area contributed by atoms with Gasteiger partial charge in [-0.25, -0.2) is 8.42 Å². The van der Waals surface area contributed by atoms with Crippen LogP contribution in [0.4, 0.5) is 17.1 Å². The van der Waals surface area contributed by atoms with E-state index >= 15 is 0 Å². The maximum atomic E-state index is 13.0. The second kappa shape index (κ2) is 9.50. The van der Waals surface area contributed by atoms with Gasteiger partial charge < -0.3 is 10.6 Å². The largest absolute Gasteiger partial charge is 0.332 e. The Balaban J connectivity index is 1.77. The molecule has 166 valence electrons. The highest BCUT2D eigenvalue weighted by atomic mass is 32.2. The molecule has 0 radical (unpaired) electrons. The molecule has 6 nitrogen and oxygen atoms in total. The van der Waals surface area contributed by atoms with Gasteiger partial charge in [-0.2, -0.15) is 0 Å². The van der Waals surface area contributed by atoms with Crippen molar-refractivity contribution < 1.29 is 13.2 Å². The summed E-state index contributed by atoms with van der Waals surface area (Å²) in [5, 5.41) is 6.40. The number of ketones is 1. The molecule has 0 fully saturated rings. The summed E-state index contributed by atoms with van der Waals surface area (Å²) in [6.45, 7) is 7.19. The van der Waals surface area contributed by atoms with Gasteiger partial charge in [0.2, 0.25) is 0 Å². The van der Waals surface area contributed by atoms with Crippen LogP contribution < -0.4 is 15.4 Å². The van der Waals surface area contributed by atoms with E-state index in [9.17, 15) is 13.2 Å². The first-order chi connectivity index (χ1) is 15.0.